The van der Waals surface area contributed by atoms with E-state index in [1.165, 1.54) is 11.1 Å². The van der Waals surface area contributed by atoms with Crippen molar-refractivity contribution in [2.45, 2.75) is 26.1 Å². The molecule has 3 aromatic carbocycles. The molecule has 4 aromatic rings. The summed E-state index contributed by atoms with van der Waals surface area (Å²) in [5.41, 5.74) is 7.27. The van der Waals surface area contributed by atoms with Crippen LogP contribution in [0.25, 0.3) is 11.1 Å². The summed E-state index contributed by atoms with van der Waals surface area (Å²) in [6.07, 6.45) is 2.15. The van der Waals surface area contributed by atoms with Gasteiger partial charge in [-0.1, -0.05) is 91.0 Å². The average molecular weight is 450 g/mol. The zero-order valence-corrected chi connectivity index (χ0v) is 19.0. The summed E-state index contributed by atoms with van der Waals surface area (Å²) in [5.74, 6) is 0. The minimum absolute atomic E-state index is 0.222. The lowest BCUT2D eigenvalue weighted by Crippen LogP contribution is -2.31. The van der Waals surface area contributed by atoms with Gasteiger partial charge in [0.1, 0.15) is 6.61 Å². The Kier molecular flexibility index (Phi) is 6.64. The van der Waals surface area contributed by atoms with E-state index >= 15 is 0 Å². The Bertz CT molecular complexity index is 1240. The fourth-order valence-electron chi connectivity index (χ4n) is 4.43. The van der Waals surface area contributed by atoms with E-state index in [1.807, 2.05) is 54.6 Å². The van der Waals surface area contributed by atoms with E-state index in [0.29, 0.717) is 5.69 Å². The van der Waals surface area contributed by atoms with Gasteiger partial charge in [-0.3, -0.25) is 15.2 Å². The second-order valence-electron chi connectivity index (χ2n) is 8.47. The molecule has 0 saturated heterocycles. The van der Waals surface area contributed by atoms with Gasteiger partial charge in [0, 0.05) is 25.2 Å². The van der Waals surface area contributed by atoms with Crippen molar-refractivity contribution in [1.29, 1.82) is 0 Å². The number of nitrogens with one attached hydrogen (secondary N) is 1. The summed E-state index contributed by atoms with van der Waals surface area (Å²) in [7, 11) is 0. The van der Waals surface area contributed by atoms with Gasteiger partial charge >= 0.3 is 6.09 Å². The number of nitrogens with zero attached hydrogens (tertiary/aromatic N) is 2. The van der Waals surface area contributed by atoms with Crippen molar-refractivity contribution in [1.82, 2.24) is 9.88 Å². The van der Waals surface area contributed by atoms with Crippen LogP contribution in [-0.4, -0.2) is 22.5 Å². The van der Waals surface area contributed by atoms with E-state index in [4.69, 9.17) is 9.72 Å². The summed E-state index contributed by atoms with van der Waals surface area (Å²) in [4.78, 5) is 19.8. The first-order valence-electron chi connectivity index (χ1n) is 11.6. The van der Waals surface area contributed by atoms with Gasteiger partial charge < -0.3 is 4.74 Å². The smallest absolute Gasteiger partial charge is 0.412 e. The minimum Gasteiger partial charge on any atom is -0.444 e. The highest BCUT2D eigenvalue weighted by Crippen LogP contribution is 2.35. The number of amides is 1. The maximum atomic E-state index is 12.6. The van der Waals surface area contributed by atoms with Crippen molar-refractivity contribution in [2.24, 2.45) is 0 Å². The fraction of sp³-hybridized carbons (Fsp3) is 0.172. The maximum Gasteiger partial charge on any atom is 0.412 e. The van der Waals surface area contributed by atoms with Crippen LogP contribution in [0.3, 0.4) is 0 Å². The predicted molar refractivity (Wildman–Crippen MR) is 134 cm³/mol. The van der Waals surface area contributed by atoms with Crippen LogP contribution >= 0.6 is 0 Å². The second kappa shape index (κ2) is 10.3. The second-order valence-corrected chi connectivity index (χ2v) is 8.47. The number of hydrogen-bond acceptors (Lipinski definition) is 4. The van der Waals surface area contributed by atoms with Crippen LogP contribution < -0.4 is 5.32 Å². The fourth-order valence-corrected chi connectivity index (χ4v) is 4.43. The van der Waals surface area contributed by atoms with Crippen molar-refractivity contribution < 1.29 is 9.53 Å². The highest BCUT2D eigenvalue weighted by Gasteiger charge is 2.24. The van der Waals surface area contributed by atoms with Crippen molar-refractivity contribution in [2.75, 3.05) is 11.9 Å². The third-order valence-electron chi connectivity index (χ3n) is 6.08. The number of anilines is 1. The van der Waals surface area contributed by atoms with Gasteiger partial charge in [0.15, 0.2) is 0 Å². The molecule has 0 bridgehead atoms. The van der Waals surface area contributed by atoms with Crippen molar-refractivity contribution in [3.05, 3.63) is 120 Å². The normalized spacial score (nSPS) is 13.2. The van der Waals surface area contributed by atoms with E-state index in [9.17, 15) is 4.79 Å². The minimum atomic E-state index is -0.482. The molecule has 5 nitrogen and oxygen atoms in total. The first kappa shape index (κ1) is 21.9. The molecule has 34 heavy (non-hydrogen) atoms. The van der Waals surface area contributed by atoms with Gasteiger partial charge in [0.25, 0.3) is 0 Å². The highest BCUT2D eigenvalue weighted by molar-refractivity contribution is 5.92. The molecule has 170 valence electrons. The number of aromatic nitrogens is 1. The molecular formula is C29H27N3O2. The first-order chi connectivity index (χ1) is 16.8. The van der Waals surface area contributed by atoms with Gasteiger partial charge in [0.05, 0.1) is 17.6 Å². The summed E-state index contributed by atoms with van der Waals surface area (Å²) >= 11 is 0. The number of carbonyl (C=O) groups excluding carboxylic acids is 1. The number of hydrogen-bond donors (Lipinski definition) is 1. The molecule has 1 aliphatic heterocycles. The Hall–Kier alpha value is -3.96. The predicted octanol–water partition coefficient (Wildman–Crippen LogP) is 6.06. The first-order valence-corrected chi connectivity index (χ1v) is 11.6. The van der Waals surface area contributed by atoms with Crippen molar-refractivity contribution in [3.8, 4) is 11.1 Å². The molecule has 1 N–H and O–H groups in total. The van der Waals surface area contributed by atoms with Crippen LogP contribution in [0.4, 0.5) is 10.5 Å². The van der Waals surface area contributed by atoms with Gasteiger partial charge in [0.2, 0.25) is 0 Å². The molecule has 0 aliphatic carbocycles. The lowest BCUT2D eigenvalue weighted by molar-refractivity contribution is 0.155. The molecular weight excluding hydrogens is 422 g/mol. The van der Waals surface area contributed by atoms with Gasteiger partial charge in [-0.15, -0.1) is 0 Å². The van der Waals surface area contributed by atoms with Gasteiger partial charge in [-0.2, -0.15) is 0 Å². The Morgan fingerprint density at radius 3 is 2.24 bits per heavy atom. The van der Waals surface area contributed by atoms with Crippen molar-refractivity contribution in [3.63, 3.8) is 0 Å². The number of rotatable bonds is 6. The number of ether oxygens (including phenoxy) is 1. The molecule has 0 fully saturated rings. The van der Waals surface area contributed by atoms with Gasteiger partial charge in [-0.25, -0.2) is 4.79 Å². The molecule has 0 atom stereocenters. The molecule has 1 aromatic heterocycles. The topological polar surface area (TPSA) is 54.5 Å². The van der Waals surface area contributed by atoms with Crippen LogP contribution in [-0.2, 0) is 30.9 Å². The number of pyridine rings is 1. The molecule has 0 radical (unpaired) electrons. The molecule has 2 heterocycles. The van der Waals surface area contributed by atoms with Crippen LogP contribution in [0.2, 0.25) is 0 Å². The van der Waals surface area contributed by atoms with Crippen LogP contribution in [0.15, 0.2) is 97.2 Å². The summed E-state index contributed by atoms with van der Waals surface area (Å²) in [5, 5.41) is 2.94. The van der Waals surface area contributed by atoms with E-state index in [2.05, 4.69) is 46.6 Å². The van der Waals surface area contributed by atoms with Crippen LogP contribution in [0.1, 0.15) is 22.4 Å². The number of carbonyl (C=O) groups is 1. The van der Waals surface area contributed by atoms with E-state index in [-0.39, 0.29) is 6.61 Å². The van der Waals surface area contributed by atoms with E-state index in [1.54, 1.807) is 6.20 Å². The molecule has 5 heteroatoms. The Morgan fingerprint density at radius 2 is 1.53 bits per heavy atom. The monoisotopic (exact) mass is 449 g/mol. The third kappa shape index (κ3) is 5.16. The average Bonchev–Trinajstić information content (AvgIpc) is 2.89. The Morgan fingerprint density at radius 1 is 0.882 bits per heavy atom. The zero-order valence-electron chi connectivity index (χ0n) is 19.0. The Labute approximate surface area is 200 Å². The standard InChI is InChI=1S/C29H27N3O2/c33-29(34-21-23-12-6-2-7-13-23)31-26-18-30-27-20-32(19-22-10-4-1-5-11-22)17-16-25(27)28(26)24-14-8-3-9-15-24/h1-15,18H,16-17,19-21H2,(H,31,33). The molecule has 0 spiro atoms. The molecule has 5 rings (SSSR count). The van der Waals surface area contributed by atoms with E-state index in [0.717, 1.165) is 48.4 Å². The summed E-state index contributed by atoms with van der Waals surface area (Å²) < 4.78 is 5.46. The lowest BCUT2D eigenvalue weighted by atomic mass is 9.92. The van der Waals surface area contributed by atoms with Crippen LogP contribution in [0.5, 0.6) is 0 Å². The highest BCUT2D eigenvalue weighted by atomic mass is 16.5. The summed E-state index contributed by atoms with van der Waals surface area (Å²) in [6, 6.07) is 30.4. The van der Waals surface area contributed by atoms with Crippen molar-refractivity contribution >= 4 is 11.8 Å². The molecule has 1 amide bonds. The molecule has 1 aliphatic rings. The molecule has 0 saturated carbocycles. The third-order valence-corrected chi connectivity index (χ3v) is 6.08. The van der Waals surface area contributed by atoms with Gasteiger partial charge in [-0.05, 0) is 28.7 Å². The Balaban J connectivity index is 1.38. The molecule has 0 unspecified atom stereocenters. The lowest BCUT2D eigenvalue weighted by Gasteiger charge is -2.30. The zero-order chi connectivity index (χ0) is 23.2. The SMILES string of the molecule is O=C(Nc1cnc2c(c1-c1ccccc1)CCN(Cc1ccccc1)C2)OCc1ccccc1. The largest absolute Gasteiger partial charge is 0.444 e. The maximum absolute atomic E-state index is 12.6. The quantitative estimate of drug-likeness (QED) is 0.389. The number of fused-ring (bicyclic) bond motifs is 1. The summed E-state index contributed by atoms with van der Waals surface area (Å²) in [6.45, 7) is 2.84. The van der Waals surface area contributed by atoms with Crippen LogP contribution in [0, 0.1) is 0 Å². The number of benzene rings is 3. The van der Waals surface area contributed by atoms with E-state index < -0.39 is 6.09 Å².